The maximum Gasteiger partial charge on any atom is 0.309 e. The normalized spacial score (nSPS) is 40.8. The molecule has 0 heterocycles. The molecule has 2 fully saturated rings. The van der Waals surface area contributed by atoms with Crippen LogP contribution in [-0.2, 0) is 19.1 Å². The first-order chi connectivity index (χ1) is 7.61. The van der Waals surface area contributed by atoms with Gasteiger partial charge in [-0.3, -0.25) is 9.59 Å². The van der Waals surface area contributed by atoms with Crippen LogP contribution < -0.4 is 0 Å². The van der Waals surface area contributed by atoms with Gasteiger partial charge in [0.05, 0.1) is 26.1 Å². The Balaban J connectivity index is 2.27. The van der Waals surface area contributed by atoms with E-state index in [1.807, 2.05) is 0 Å². The van der Waals surface area contributed by atoms with Gasteiger partial charge in [-0.2, -0.15) is 0 Å². The monoisotopic (exact) mass is 230 g/mol. The summed E-state index contributed by atoms with van der Waals surface area (Å²) in [5, 5.41) is 0. The van der Waals surface area contributed by atoms with Crippen molar-refractivity contribution in [2.75, 3.05) is 14.2 Å². The van der Waals surface area contributed by atoms with Crippen LogP contribution in [0.1, 0.15) is 12.8 Å². The Bertz CT molecular complexity index is 287. The zero-order valence-corrected chi connectivity index (χ0v) is 9.31. The summed E-state index contributed by atoms with van der Waals surface area (Å²) in [6.07, 6.45) is 0.228. The Kier molecular flexibility index (Phi) is 2.86. The molecule has 5 atom stereocenters. The van der Waals surface area contributed by atoms with Gasteiger partial charge in [0, 0.05) is 11.8 Å². The number of halogens is 1. The summed E-state index contributed by atoms with van der Waals surface area (Å²) in [5.74, 6) is -3.06. The van der Waals surface area contributed by atoms with Gasteiger partial charge in [0.1, 0.15) is 6.17 Å². The minimum Gasteiger partial charge on any atom is -0.469 e. The van der Waals surface area contributed by atoms with Crippen molar-refractivity contribution in [3.8, 4) is 0 Å². The number of esters is 2. The number of carbonyl (C=O) groups is 2. The van der Waals surface area contributed by atoms with Gasteiger partial charge in [0.15, 0.2) is 0 Å². The molecule has 0 saturated heterocycles. The van der Waals surface area contributed by atoms with E-state index in [9.17, 15) is 14.0 Å². The molecule has 2 aliphatic rings. The van der Waals surface area contributed by atoms with Crippen molar-refractivity contribution in [2.24, 2.45) is 23.7 Å². The third-order valence-corrected chi connectivity index (χ3v) is 3.91. The Morgan fingerprint density at radius 2 is 1.38 bits per heavy atom. The molecule has 1 unspecified atom stereocenters. The summed E-state index contributed by atoms with van der Waals surface area (Å²) in [6.45, 7) is 0. The first kappa shape index (κ1) is 11.4. The maximum atomic E-state index is 13.9. The zero-order valence-electron chi connectivity index (χ0n) is 9.31. The summed E-state index contributed by atoms with van der Waals surface area (Å²) in [5.41, 5.74) is 0. The highest BCUT2D eigenvalue weighted by atomic mass is 19.1. The van der Waals surface area contributed by atoms with E-state index >= 15 is 0 Å². The largest absolute Gasteiger partial charge is 0.469 e. The molecule has 0 aliphatic heterocycles. The molecule has 16 heavy (non-hydrogen) atoms. The number of methoxy groups -OCH3 is 2. The van der Waals surface area contributed by atoms with Gasteiger partial charge in [-0.1, -0.05) is 0 Å². The lowest BCUT2D eigenvalue weighted by atomic mass is 9.79. The summed E-state index contributed by atoms with van der Waals surface area (Å²) in [4.78, 5) is 23.2. The van der Waals surface area contributed by atoms with E-state index < -0.39 is 29.9 Å². The third-order valence-electron chi connectivity index (χ3n) is 3.91. The molecule has 2 aliphatic carbocycles. The van der Waals surface area contributed by atoms with Crippen LogP contribution in [0.15, 0.2) is 0 Å². The van der Waals surface area contributed by atoms with E-state index in [1.165, 1.54) is 14.2 Å². The second-order valence-corrected chi connectivity index (χ2v) is 4.45. The number of ether oxygens (including phenoxy) is 2. The summed E-state index contributed by atoms with van der Waals surface area (Å²) in [7, 11) is 2.52. The molecule has 2 rings (SSSR count). The quantitative estimate of drug-likeness (QED) is 0.662. The van der Waals surface area contributed by atoms with E-state index in [2.05, 4.69) is 9.47 Å². The molecule has 4 nitrogen and oxygen atoms in total. The van der Waals surface area contributed by atoms with Crippen molar-refractivity contribution in [1.29, 1.82) is 0 Å². The Morgan fingerprint density at radius 1 is 1.00 bits per heavy atom. The number of fused-ring (bicyclic) bond motifs is 2. The van der Waals surface area contributed by atoms with Gasteiger partial charge in [0.25, 0.3) is 0 Å². The predicted molar refractivity (Wildman–Crippen MR) is 52.1 cm³/mol. The molecule has 0 aromatic carbocycles. The molecule has 2 bridgehead atoms. The van der Waals surface area contributed by atoms with E-state index in [0.29, 0.717) is 12.8 Å². The number of carbonyl (C=O) groups excluding carboxylic acids is 2. The van der Waals surface area contributed by atoms with Crippen molar-refractivity contribution in [1.82, 2.24) is 0 Å². The summed E-state index contributed by atoms with van der Waals surface area (Å²) < 4.78 is 23.1. The highest BCUT2D eigenvalue weighted by molar-refractivity contribution is 5.84. The van der Waals surface area contributed by atoms with E-state index in [-0.39, 0.29) is 11.8 Å². The molecule has 0 aromatic rings. The Morgan fingerprint density at radius 3 is 1.69 bits per heavy atom. The molecule has 0 amide bonds. The molecule has 90 valence electrons. The topological polar surface area (TPSA) is 52.6 Å². The van der Waals surface area contributed by atoms with Crippen molar-refractivity contribution in [2.45, 2.75) is 19.0 Å². The van der Waals surface area contributed by atoms with Gasteiger partial charge < -0.3 is 9.47 Å². The van der Waals surface area contributed by atoms with Crippen molar-refractivity contribution >= 4 is 11.9 Å². The van der Waals surface area contributed by atoms with Gasteiger partial charge in [-0.15, -0.1) is 0 Å². The second kappa shape index (κ2) is 4.03. The number of hydrogen-bond acceptors (Lipinski definition) is 4. The average Bonchev–Trinajstić information content (AvgIpc) is 2.80. The maximum absolute atomic E-state index is 13.9. The Labute approximate surface area is 93.1 Å². The van der Waals surface area contributed by atoms with E-state index in [4.69, 9.17) is 0 Å². The van der Waals surface area contributed by atoms with Crippen LogP contribution in [0, 0.1) is 23.7 Å². The zero-order chi connectivity index (χ0) is 11.9. The third kappa shape index (κ3) is 1.41. The average molecular weight is 230 g/mol. The molecule has 2 saturated carbocycles. The fraction of sp³-hybridized carbons (Fsp3) is 0.818. The molecule has 0 N–H and O–H groups in total. The molecule has 5 heteroatoms. The minimum atomic E-state index is -1.08. The molecule has 0 aromatic heterocycles. The van der Waals surface area contributed by atoms with Crippen LogP contribution in [0.25, 0.3) is 0 Å². The number of rotatable bonds is 2. The molecular weight excluding hydrogens is 215 g/mol. The minimum absolute atomic E-state index is 0.374. The lowest BCUT2D eigenvalue weighted by Crippen LogP contribution is -2.36. The second-order valence-electron chi connectivity index (χ2n) is 4.45. The van der Waals surface area contributed by atoms with E-state index in [0.717, 1.165) is 0 Å². The van der Waals surface area contributed by atoms with Gasteiger partial charge in [0.2, 0.25) is 0 Å². The highest BCUT2D eigenvalue weighted by Gasteiger charge is 2.61. The lowest BCUT2D eigenvalue weighted by Gasteiger charge is -2.25. The first-order valence-electron chi connectivity index (χ1n) is 5.41. The standard InChI is InChI=1S/C11H15FO4/c1-15-10(13)7-5-3-4-6(9(5)12)8(7)11(14)16-2/h5-9H,3-4H2,1-2H3/t5-,6+,7+,8-,9?. The van der Waals surface area contributed by atoms with E-state index in [1.54, 1.807) is 0 Å². The summed E-state index contributed by atoms with van der Waals surface area (Å²) in [6, 6.07) is 0. The van der Waals surface area contributed by atoms with Crippen LogP contribution in [-0.4, -0.2) is 32.3 Å². The van der Waals surface area contributed by atoms with Gasteiger partial charge >= 0.3 is 11.9 Å². The van der Waals surface area contributed by atoms with Crippen LogP contribution in [0.2, 0.25) is 0 Å². The molecule has 0 radical (unpaired) electrons. The predicted octanol–water partition coefficient (Wildman–Crippen LogP) is 0.943. The fourth-order valence-electron chi connectivity index (χ4n) is 3.22. The summed E-state index contributed by atoms with van der Waals surface area (Å²) >= 11 is 0. The fourth-order valence-corrected chi connectivity index (χ4v) is 3.22. The van der Waals surface area contributed by atoms with Crippen molar-refractivity contribution in [3.05, 3.63) is 0 Å². The lowest BCUT2D eigenvalue weighted by molar-refractivity contribution is -0.160. The smallest absolute Gasteiger partial charge is 0.309 e. The van der Waals surface area contributed by atoms with Crippen LogP contribution in [0.5, 0.6) is 0 Å². The van der Waals surface area contributed by atoms with Crippen LogP contribution >= 0.6 is 0 Å². The van der Waals surface area contributed by atoms with Gasteiger partial charge in [-0.25, -0.2) is 4.39 Å². The number of alkyl halides is 1. The van der Waals surface area contributed by atoms with Crippen LogP contribution in [0.4, 0.5) is 4.39 Å². The SMILES string of the molecule is COC(=O)[C@@H]1[C@H](C(=O)OC)[C@@H]2CC[C@H]1C2F. The molecular formula is C11H15FO4. The number of hydrogen-bond donors (Lipinski definition) is 0. The van der Waals surface area contributed by atoms with Gasteiger partial charge in [-0.05, 0) is 12.8 Å². The van der Waals surface area contributed by atoms with Crippen molar-refractivity contribution < 1.29 is 23.5 Å². The highest BCUT2D eigenvalue weighted by Crippen LogP contribution is 2.54. The Hall–Kier alpha value is -1.13. The molecule has 0 spiro atoms. The van der Waals surface area contributed by atoms with Crippen LogP contribution in [0.3, 0.4) is 0 Å². The first-order valence-corrected chi connectivity index (χ1v) is 5.41. The van der Waals surface area contributed by atoms with Crippen molar-refractivity contribution in [3.63, 3.8) is 0 Å².